The van der Waals surface area contributed by atoms with Crippen LogP contribution in [0.15, 0.2) is 48.5 Å². The Balaban J connectivity index is 1.36. The van der Waals surface area contributed by atoms with Crippen LogP contribution in [0.1, 0.15) is 18.4 Å². The van der Waals surface area contributed by atoms with E-state index in [9.17, 15) is 0 Å². The van der Waals surface area contributed by atoms with E-state index in [1.54, 1.807) is 0 Å². The highest BCUT2D eigenvalue weighted by Gasteiger charge is 2.19. The average molecular weight is 345 g/mol. The van der Waals surface area contributed by atoms with Crippen molar-refractivity contribution in [2.24, 2.45) is 5.92 Å². The van der Waals surface area contributed by atoms with Crippen LogP contribution in [0.2, 0.25) is 5.02 Å². The van der Waals surface area contributed by atoms with Crippen molar-refractivity contribution in [2.45, 2.75) is 19.3 Å². The molecular formula is C20H25ClN2O. The molecule has 1 fully saturated rings. The van der Waals surface area contributed by atoms with Crippen LogP contribution in [-0.2, 0) is 6.42 Å². The minimum atomic E-state index is 0.728. The molecule has 1 heterocycles. The van der Waals surface area contributed by atoms with Crippen molar-refractivity contribution < 1.29 is 4.74 Å². The fourth-order valence-electron chi connectivity index (χ4n) is 3.22. The molecule has 0 atom stereocenters. The molecule has 3 nitrogen and oxygen atoms in total. The fraction of sp³-hybridized carbons (Fsp3) is 0.400. The number of benzene rings is 2. The third-order valence-electron chi connectivity index (χ3n) is 4.70. The van der Waals surface area contributed by atoms with E-state index >= 15 is 0 Å². The second kappa shape index (κ2) is 8.41. The molecule has 2 aromatic rings. The zero-order chi connectivity index (χ0) is 16.8. The molecule has 2 N–H and O–H groups in total. The Morgan fingerprint density at radius 1 is 1.00 bits per heavy atom. The van der Waals surface area contributed by atoms with Crippen molar-refractivity contribution >= 4 is 17.3 Å². The highest BCUT2D eigenvalue weighted by atomic mass is 35.5. The summed E-state index contributed by atoms with van der Waals surface area (Å²) in [5, 5.41) is 0.815. The van der Waals surface area contributed by atoms with Gasteiger partial charge >= 0.3 is 0 Å². The Hall–Kier alpha value is -1.71. The summed E-state index contributed by atoms with van der Waals surface area (Å²) in [5.74, 6) is 1.67. The van der Waals surface area contributed by atoms with Crippen LogP contribution >= 0.6 is 11.6 Å². The summed E-state index contributed by atoms with van der Waals surface area (Å²) in [5.41, 5.74) is 7.84. The normalized spacial score (nSPS) is 16.2. The topological polar surface area (TPSA) is 38.5 Å². The van der Waals surface area contributed by atoms with Crippen LogP contribution in [0, 0.1) is 5.92 Å². The zero-order valence-corrected chi connectivity index (χ0v) is 14.7. The number of rotatable bonds is 6. The molecule has 0 saturated carbocycles. The predicted molar refractivity (Wildman–Crippen MR) is 101 cm³/mol. The minimum absolute atomic E-state index is 0.728. The molecule has 1 aliphatic rings. The molecular weight excluding hydrogens is 320 g/mol. The Kier molecular flexibility index (Phi) is 6.00. The lowest BCUT2D eigenvalue weighted by atomic mass is 9.90. The van der Waals surface area contributed by atoms with Crippen molar-refractivity contribution in [3.8, 4) is 5.75 Å². The van der Waals surface area contributed by atoms with Gasteiger partial charge in [0.15, 0.2) is 0 Å². The van der Waals surface area contributed by atoms with Gasteiger partial charge in [-0.1, -0.05) is 23.7 Å². The van der Waals surface area contributed by atoms with Gasteiger partial charge in [-0.15, -0.1) is 0 Å². The van der Waals surface area contributed by atoms with E-state index < -0.39 is 0 Å². The van der Waals surface area contributed by atoms with Gasteiger partial charge in [-0.2, -0.15) is 0 Å². The summed E-state index contributed by atoms with van der Waals surface area (Å²) in [7, 11) is 0. The highest BCUT2D eigenvalue weighted by Crippen LogP contribution is 2.22. The van der Waals surface area contributed by atoms with E-state index in [1.165, 1.54) is 18.4 Å². The van der Waals surface area contributed by atoms with E-state index in [4.69, 9.17) is 22.1 Å². The number of piperidine rings is 1. The zero-order valence-electron chi connectivity index (χ0n) is 14.0. The van der Waals surface area contributed by atoms with Gasteiger partial charge in [-0.25, -0.2) is 0 Å². The van der Waals surface area contributed by atoms with Gasteiger partial charge in [0.2, 0.25) is 0 Å². The molecule has 24 heavy (non-hydrogen) atoms. The number of ether oxygens (including phenoxy) is 1. The van der Waals surface area contributed by atoms with Crippen molar-refractivity contribution in [3.05, 3.63) is 59.1 Å². The van der Waals surface area contributed by atoms with Crippen LogP contribution in [0.4, 0.5) is 5.69 Å². The molecule has 3 rings (SSSR count). The first kappa shape index (κ1) is 17.1. The van der Waals surface area contributed by atoms with Gasteiger partial charge in [0.25, 0.3) is 0 Å². The van der Waals surface area contributed by atoms with Crippen molar-refractivity contribution in [1.82, 2.24) is 4.90 Å². The SMILES string of the molecule is Nc1ccc(OCCN2CCC(Cc3ccc(Cl)cc3)CC2)cc1. The summed E-state index contributed by atoms with van der Waals surface area (Å²) >= 11 is 5.95. The number of nitrogen functional groups attached to an aromatic ring is 1. The number of likely N-dealkylation sites (tertiary alicyclic amines) is 1. The van der Waals surface area contributed by atoms with Crippen LogP contribution < -0.4 is 10.5 Å². The van der Waals surface area contributed by atoms with Crippen molar-refractivity contribution in [1.29, 1.82) is 0 Å². The molecule has 128 valence electrons. The Bertz CT molecular complexity index is 619. The number of hydrogen-bond acceptors (Lipinski definition) is 3. The first-order valence-corrected chi connectivity index (χ1v) is 9.02. The van der Waals surface area contributed by atoms with E-state index in [0.717, 1.165) is 55.0 Å². The first-order valence-electron chi connectivity index (χ1n) is 8.64. The van der Waals surface area contributed by atoms with Gasteiger partial charge in [-0.3, -0.25) is 4.90 Å². The molecule has 0 spiro atoms. The van der Waals surface area contributed by atoms with Gasteiger partial charge in [0, 0.05) is 17.3 Å². The molecule has 1 saturated heterocycles. The van der Waals surface area contributed by atoms with Crippen LogP contribution in [0.3, 0.4) is 0 Å². The molecule has 2 aromatic carbocycles. The number of nitrogens with two attached hydrogens (primary N) is 1. The van der Waals surface area contributed by atoms with E-state index in [1.807, 2.05) is 36.4 Å². The maximum atomic E-state index is 5.95. The largest absolute Gasteiger partial charge is 0.492 e. The third kappa shape index (κ3) is 5.15. The van der Waals surface area contributed by atoms with E-state index in [0.29, 0.717) is 0 Å². The van der Waals surface area contributed by atoms with Gasteiger partial charge < -0.3 is 10.5 Å². The Morgan fingerprint density at radius 2 is 1.67 bits per heavy atom. The summed E-state index contributed by atoms with van der Waals surface area (Å²) < 4.78 is 5.79. The average Bonchev–Trinajstić information content (AvgIpc) is 2.60. The molecule has 0 bridgehead atoms. The molecule has 0 unspecified atom stereocenters. The molecule has 4 heteroatoms. The van der Waals surface area contributed by atoms with Crippen LogP contribution in [0.25, 0.3) is 0 Å². The monoisotopic (exact) mass is 344 g/mol. The van der Waals surface area contributed by atoms with Crippen molar-refractivity contribution in [2.75, 3.05) is 32.0 Å². The molecule has 1 aliphatic heterocycles. The van der Waals surface area contributed by atoms with E-state index in [2.05, 4.69) is 17.0 Å². The second-order valence-corrected chi connectivity index (χ2v) is 6.97. The standard InChI is InChI=1S/C20H25ClN2O/c21-18-3-1-16(2-4-18)15-17-9-11-23(12-10-17)13-14-24-20-7-5-19(22)6-8-20/h1-8,17H,9-15,22H2. The number of hydrogen-bond donors (Lipinski definition) is 1. The summed E-state index contributed by atoms with van der Waals surface area (Å²) in [4.78, 5) is 2.50. The molecule has 0 radical (unpaired) electrons. The number of nitrogens with zero attached hydrogens (tertiary/aromatic N) is 1. The number of anilines is 1. The molecule has 0 aliphatic carbocycles. The lowest BCUT2D eigenvalue weighted by Gasteiger charge is -2.31. The lowest BCUT2D eigenvalue weighted by molar-refractivity contribution is 0.155. The second-order valence-electron chi connectivity index (χ2n) is 6.53. The highest BCUT2D eigenvalue weighted by molar-refractivity contribution is 6.30. The Labute approximate surface area is 149 Å². The maximum absolute atomic E-state index is 5.95. The molecule has 0 aromatic heterocycles. The maximum Gasteiger partial charge on any atom is 0.119 e. The Morgan fingerprint density at radius 3 is 2.33 bits per heavy atom. The predicted octanol–water partition coefficient (Wildman–Crippen LogP) is 4.26. The number of halogens is 1. The third-order valence-corrected chi connectivity index (χ3v) is 4.95. The summed E-state index contributed by atoms with van der Waals surface area (Å²) in [6, 6.07) is 15.9. The lowest BCUT2D eigenvalue weighted by Crippen LogP contribution is -2.37. The summed E-state index contributed by atoms with van der Waals surface area (Å²) in [6.45, 7) is 4.02. The van der Waals surface area contributed by atoms with Crippen LogP contribution in [-0.4, -0.2) is 31.1 Å². The van der Waals surface area contributed by atoms with Gasteiger partial charge in [0.05, 0.1) is 0 Å². The first-order chi connectivity index (χ1) is 11.7. The molecule has 0 amide bonds. The minimum Gasteiger partial charge on any atom is -0.492 e. The quantitative estimate of drug-likeness (QED) is 0.796. The van der Waals surface area contributed by atoms with Gasteiger partial charge in [-0.05, 0) is 80.2 Å². The smallest absolute Gasteiger partial charge is 0.119 e. The van der Waals surface area contributed by atoms with E-state index in [-0.39, 0.29) is 0 Å². The summed E-state index contributed by atoms with van der Waals surface area (Å²) in [6.07, 6.45) is 3.67. The fourth-order valence-corrected chi connectivity index (χ4v) is 3.35. The van der Waals surface area contributed by atoms with Crippen LogP contribution in [0.5, 0.6) is 5.75 Å². The van der Waals surface area contributed by atoms with Crippen molar-refractivity contribution in [3.63, 3.8) is 0 Å². The van der Waals surface area contributed by atoms with Gasteiger partial charge in [0.1, 0.15) is 12.4 Å².